The van der Waals surface area contributed by atoms with Gasteiger partial charge in [-0.2, -0.15) is 27.0 Å². The van der Waals surface area contributed by atoms with Gasteiger partial charge in [-0.15, -0.1) is 0 Å². The summed E-state index contributed by atoms with van der Waals surface area (Å²) in [6.07, 6.45) is 4.92. The van der Waals surface area contributed by atoms with Crippen LogP contribution in [0, 0.1) is 5.21 Å². The lowest BCUT2D eigenvalue weighted by Crippen LogP contribution is -2.25. The molecular weight excluding hydrogens is 447 g/mol. The van der Waals surface area contributed by atoms with Crippen molar-refractivity contribution in [2.75, 3.05) is 0 Å². The van der Waals surface area contributed by atoms with E-state index in [9.17, 15) is 19.1 Å². The fourth-order valence-corrected chi connectivity index (χ4v) is 3.84. The van der Waals surface area contributed by atoms with E-state index in [2.05, 4.69) is 4.74 Å². The maximum absolute atomic E-state index is 12.7. The van der Waals surface area contributed by atoms with Gasteiger partial charge in [0, 0.05) is 12.0 Å². The minimum Gasteiger partial charge on any atom is -0.619 e. The second kappa shape index (κ2) is 10.5. The molecule has 3 rings (SSSR count). The second-order valence-corrected chi connectivity index (χ2v) is 7.44. The number of aromatic nitrogens is 1. The van der Waals surface area contributed by atoms with E-state index < -0.39 is 12.7 Å². The van der Waals surface area contributed by atoms with E-state index in [1.54, 1.807) is 0 Å². The predicted molar refractivity (Wildman–Crippen MR) is 110 cm³/mol. The third kappa shape index (κ3) is 6.25. The van der Waals surface area contributed by atoms with Gasteiger partial charge < -0.3 is 19.8 Å². The summed E-state index contributed by atoms with van der Waals surface area (Å²) in [6, 6.07) is 4.30. The highest BCUT2D eigenvalue weighted by Gasteiger charge is 2.22. The molecule has 1 aliphatic rings. The maximum Gasteiger partial charge on any atom is 0.387 e. The lowest BCUT2D eigenvalue weighted by atomic mass is 10.0. The van der Waals surface area contributed by atoms with Crippen LogP contribution in [0.3, 0.4) is 0 Å². The van der Waals surface area contributed by atoms with Gasteiger partial charge in [0.2, 0.25) is 0 Å². The number of aliphatic hydroxyl groups excluding tert-OH is 1. The van der Waals surface area contributed by atoms with Crippen molar-refractivity contribution in [1.82, 2.24) is 0 Å². The van der Waals surface area contributed by atoms with Crippen LogP contribution in [-0.2, 0) is 6.42 Å². The molecule has 0 unspecified atom stereocenters. The molecular formula is C19H21Cl2F2NO4S. The summed E-state index contributed by atoms with van der Waals surface area (Å²) in [7, 11) is 0. The SMILES string of the molecule is S.[O-][n+]1cc(Cl)c(C[C@H](O)c2ccc(OC(F)F)c(OC3CCCC3)c2)c(Cl)c1. The molecule has 1 heterocycles. The van der Waals surface area contributed by atoms with Crippen molar-refractivity contribution in [1.29, 1.82) is 0 Å². The Morgan fingerprint density at radius 2 is 1.76 bits per heavy atom. The topological polar surface area (TPSA) is 65.6 Å². The van der Waals surface area contributed by atoms with Crippen molar-refractivity contribution in [3.05, 3.63) is 57.0 Å². The smallest absolute Gasteiger partial charge is 0.387 e. The molecule has 0 amide bonds. The molecule has 5 nitrogen and oxygen atoms in total. The molecule has 1 aromatic heterocycles. The molecule has 1 atom stereocenters. The Labute approximate surface area is 184 Å². The first-order valence-electron chi connectivity index (χ1n) is 8.83. The van der Waals surface area contributed by atoms with Gasteiger partial charge in [-0.25, -0.2) is 0 Å². The Morgan fingerprint density at radius 3 is 2.34 bits per heavy atom. The van der Waals surface area contributed by atoms with Crippen LogP contribution in [0.5, 0.6) is 11.5 Å². The number of hydrogen-bond donors (Lipinski definition) is 1. The number of aliphatic hydroxyl groups is 1. The van der Waals surface area contributed by atoms with E-state index in [4.69, 9.17) is 27.9 Å². The fourth-order valence-electron chi connectivity index (χ4n) is 3.24. The highest BCUT2D eigenvalue weighted by molar-refractivity contribution is 7.59. The van der Waals surface area contributed by atoms with Crippen molar-refractivity contribution in [2.45, 2.75) is 50.9 Å². The lowest BCUT2D eigenvalue weighted by molar-refractivity contribution is -0.605. The Bertz CT molecular complexity index is 815. The van der Waals surface area contributed by atoms with Crippen LogP contribution in [0.2, 0.25) is 10.0 Å². The zero-order valence-electron chi connectivity index (χ0n) is 15.3. The molecule has 1 saturated carbocycles. The molecule has 2 aromatic rings. The summed E-state index contributed by atoms with van der Waals surface area (Å²) in [6.45, 7) is -2.98. The van der Waals surface area contributed by atoms with Gasteiger partial charge in [-0.1, -0.05) is 29.3 Å². The highest BCUT2D eigenvalue weighted by atomic mass is 35.5. The Balaban J connectivity index is 0.00000300. The van der Waals surface area contributed by atoms with Gasteiger partial charge in [0.05, 0.1) is 12.2 Å². The van der Waals surface area contributed by atoms with Crippen LogP contribution in [0.15, 0.2) is 30.6 Å². The van der Waals surface area contributed by atoms with Crippen LogP contribution in [0.25, 0.3) is 0 Å². The molecule has 1 N–H and O–H groups in total. The zero-order valence-corrected chi connectivity index (χ0v) is 17.8. The van der Waals surface area contributed by atoms with Crippen molar-refractivity contribution >= 4 is 36.7 Å². The van der Waals surface area contributed by atoms with Crippen LogP contribution in [-0.4, -0.2) is 17.8 Å². The summed E-state index contributed by atoms with van der Waals surface area (Å²) >= 11 is 12.1. The van der Waals surface area contributed by atoms with Crippen LogP contribution in [0.1, 0.15) is 42.9 Å². The van der Waals surface area contributed by atoms with Crippen molar-refractivity contribution < 1.29 is 28.1 Å². The largest absolute Gasteiger partial charge is 0.619 e. The fraction of sp³-hybridized carbons (Fsp3) is 0.421. The molecule has 0 spiro atoms. The third-order valence-corrected chi connectivity index (χ3v) is 5.27. The summed E-state index contributed by atoms with van der Waals surface area (Å²) < 4.78 is 36.3. The molecule has 1 aromatic carbocycles. The van der Waals surface area contributed by atoms with E-state index >= 15 is 0 Å². The normalized spacial score (nSPS) is 15.2. The van der Waals surface area contributed by atoms with E-state index in [0.717, 1.165) is 38.1 Å². The molecule has 0 aliphatic heterocycles. The van der Waals surface area contributed by atoms with E-state index in [1.165, 1.54) is 18.2 Å². The molecule has 1 aliphatic carbocycles. The molecule has 0 radical (unpaired) electrons. The van der Waals surface area contributed by atoms with Gasteiger partial charge in [0.1, 0.15) is 10.0 Å². The number of ether oxygens (including phenoxy) is 2. The number of hydrogen-bond acceptors (Lipinski definition) is 4. The molecule has 1 fully saturated rings. The second-order valence-electron chi connectivity index (χ2n) is 6.62. The monoisotopic (exact) mass is 467 g/mol. The standard InChI is InChI=1S/C19H19Cl2F2NO4.H2S/c20-14-9-24(26)10-15(21)13(14)8-16(25)11-5-6-17(28-19(22)23)18(7-11)27-12-3-1-2-4-12;/h5-7,9-10,12,16,19,25H,1-4,8H2;1H2/t16-;/m0./s1. The molecule has 0 bridgehead atoms. The Morgan fingerprint density at radius 1 is 1.14 bits per heavy atom. The lowest BCUT2D eigenvalue weighted by Gasteiger charge is -2.19. The van der Waals surface area contributed by atoms with Gasteiger partial charge in [-0.3, -0.25) is 0 Å². The molecule has 160 valence electrons. The summed E-state index contributed by atoms with van der Waals surface area (Å²) in [5.41, 5.74) is 0.842. The van der Waals surface area contributed by atoms with Crippen molar-refractivity contribution in [3.8, 4) is 11.5 Å². The first kappa shape index (κ1) is 23.8. The average molecular weight is 468 g/mol. The third-order valence-electron chi connectivity index (χ3n) is 4.62. The maximum atomic E-state index is 12.7. The minimum atomic E-state index is -2.98. The van der Waals surface area contributed by atoms with Gasteiger partial charge in [0.15, 0.2) is 23.9 Å². The minimum absolute atomic E-state index is 0. The quantitative estimate of drug-likeness (QED) is 0.462. The number of alkyl halides is 2. The summed E-state index contributed by atoms with van der Waals surface area (Å²) in [5.74, 6) is 0.0763. The predicted octanol–water partition coefficient (Wildman–Crippen LogP) is 4.94. The van der Waals surface area contributed by atoms with Crippen LogP contribution < -0.4 is 14.2 Å². The average Bonchev–Trinajstić information content (AvgIpc) is 3.12. The number of benzene rings is 1. The van der Waals surface area contributed by atoms with E-state index in [1.807, 2.05) is 0 Å². The number of nitrogens with zero attached hydrogens (tertiary/aromatic N) is 1. The molecule has 0 saturated heterocycles. The number of pyridine rings is 1. The number of halogens is 4. The Kier molecular flexibility index (Phi) is 8.63. The summed E-state index contributed by atoms with van der Waals surface area (Å²) in [4.78, 5) is 0. The van der Waals surface area contributed by atoms with E-state index in [0.29, 0.717) is 15.9 Å². The Hall–Kier alpha value is -1.48. The van der Waals surface area contributed by atoms with Gasteiger partial charge in [0.25, 0.3) is 0 Å². The molecule has 29 heavy (non-hydrogen) atoms. The summed E-state index contributed by atoms with van der Waals surface area (Å²) in [5, 5.41) is 22.2. The van der Waals surface area contributed by atoms with Crippen LogP contribution in [0.4, 0.5) is 8.78 Å². The van der Waals surface area contributed by atoms with Crippen LogP contribution >= 0.6 is 36.7 Å². The highest BCUT2D eigenvalue weighted by Crippen LogP contribution is 2.36. The number of rotatable bonds is 7. The van der Waals surface area contributed by atoms with Gasteiger partial charge >= 0.3 is 6.61 Å². The van der Waals surface area contributed by atoms with Crippen molar-refractivity contribution in [3.63, 3.8) is 0 Å². The molecule has 10 heteroatoms. The van der Waals surface area contributed by atoms with Gasteiger partial charge in [-0.05, 0) is 43.4 Å². The zero-order chi connectivity index (χ0) is 20.3. The first-order chi connectivity index (χ1) is 13.3. The first-order valence-corrected chi connectivity index (χ1v) is 9.59. The van der Waals surface area contributed by atoms with E-state index in [-0.39, 0.29) is 47.6 Å². The van der Waals surface area contributed by atoms with Crippen molar-refractivity contribution in [2.24, 2.45) is 0 Å².